The molecule has 1 amide bonds. The van der Waals surface area contributed by atoms with E-state index in [9.17, 15) is 9.59 Å². The quantitative estimate of drug-likeness (QED) is 0.692. The summed E-state index contributed by atoms with van der Waals surface area (Å²) in [6.45, 7) is 4.16. The summed E-state index contributed by atoms with van der Waals surface area (Å²) >= 11 is 3.43. The van der Waals surface area contributed by atoms with Crippen molar-refractivity contribution in [1.29, 1.82) is 0 Å². The number of para-hydroxylation sites is 1. The zero-order chi connectivity index (χ0) is 18.7. The lowest BCUT2D eigenvalue weighted by Crippen LogP contribution is -2.29. The van der Waals surface area contributed by atoms with Gasteiger partial charge in [-0.2, -0.15) is 0 Å². The maximum Gasteiger partial charge on any atom is 0.261 e. The fourth-order valence-corrected chi connectivity index (χ4v) is 3.31. The topological polar surface area (TPSA) is 64.0 Å². The Hall–Kier alpha value is -2.47. The third-order valence-electron chi connectivity index (χ3n) is 4.36. The van der Waals surface area contributed by atoms with E-state index in [2.05, 4.69) is 26.2 Å². The van der Waals surface area contributed by atoms with Gasteiger partial charge in [0.25, 0.3) is 5.56 Å². The predicted octanol–water partition coefficient (Wildman–Crippen LogP) is 3.73. The SMILES string of the molecule is Cc1cccc2c(=O)n(CCC(=O)N[C@H](C)c3cccc(Br)c3)cnc12. The van der Waals surface area contributed by atoms with E-state index in [1.807, 2.05) is 50.2 Å². The summed E-state index contributed by atoms with van der Waals surface area (Å²) in [5.74, 6) is -0.103. The first kappa shape index (κ1) is 18.3. The third kappa shape index (κ3) is 4.02. The fourth-order valence-electron chi connectivity index (χ4n) is 2.89. The van der Waals surface area contributed by atoms with E-state index in [0.717, 1.165) is 15.6 Å². The van der Waals surface area contributed by atoms with Crippen LogP contribution in [0.4, 0.5) is 0 Å². The number of fused-ring (bicyclic) bond motifs is 1. The zero-order valence-electron chi connectivity index (χ0n) is 14.7. The summed E-state index contributed by atoms with van der Waals surface area (Å²) in [5.41, 5.74) is 2.58. The fraction of sp³-hybridized carbons (Fsp3) is 0.250. The van der Waals surface area contributed by atoms with Gasteiger partial charge in [-0.25, -0.2) is 4.98 Å². The number of hydrogen-bond donors (Lipinski definition) is 1. The van der Waals surface area contributed by atoms with E-state index in [1.165, 1.54) is 10.9 Å². The van der Waals surface area contributed by atoms with Gasteiger partial charge in [0, 0.05) is 17.4 Å². The molecule has 0 spiro atoms. The van der Waals surface area contributed by atoms with Crippen LogP contribution in [0.1, 0.15) is 30.5 Å². The Morgan fingerprint density at radius 1 is 1.27 bits per heavy atom. The van der Waals surface area contributed by atoms with Crippen molar-refractivity contribution < 1.29 is 4.79 Å². The first-order valence-corrected chi connectivity index (χ1v) is 9.24. The minimum absolute atomic E-state index is 0.103. The molecule has 5 nitrogen and oxygen atoms in total. The van der Waals surface area contributed by atoms with E-state index >= 15 is 0 Å². The van der Waals surface area contributed by atoms with E-state index in [-0.39, 0.29) is 23.9 Å². The summed E-state index contributed by atoms with van der Waals surface area (Å²) in [7, 11) is 0. The van der Waals surface area contributed by atoms with Gasteiger partial charge in [-0.15, -0.1) is 0 Å². The first-order valence-electron chi connectivity index (χ1n) is 8.45. The van der Waals surface area contributed by atoms with Crippen molar-refractivity contribution in [3.05, 3.63) is 74.7 Å². The summed E-state index contributed by atoms with van der Waals surface area (Å²) < 4.78 is 2.46. The predicted molar refractivity (Wildman–Crippen MR) is 106 cm³/mol. The molecule has 26 heavy (non-hydrogen) atoms. The Morgan fingerprint density at radius 2 is 2.04 bits per heavy atom. The highest BCUT2D eigenvalue weighted by Gasteiger charge is 2.11. The molecule has 0 aliphatic carbocycles. The van der Waals surface area contributed by atoms with Crippen LogP contribution in [0.2, 0.25) is 0 Å². The molecule has 1 heterocycles. The average molecular weight is 414 g/mol. The molecule has 0 bridgehead atoms. The standard InChI is InChI=1S/C20H20BrN3O2/c1-13-5-3-8-17-19(13)22-12-24(20(17)26)10-9-18(25)23-14(2)15-6-4-7-16(21)11-15/h3-8,11-12,14H,9-10H2,1-2H3,(H,23,25)/t14-/m1/s1. The largest absolute Gasteiger partial charge is 0.350 e. The first-order chi connectivity index (χ1) is 12.5. The van der Waals surface area contributed by atoms with Gasteiger partial charge in [-0.1, -0.05) is 40.2 Å². The van der Waals surface area contributed by atoms with Crippen molar-refractivity contribution in [3.8, 4) is 0 Å². The second kappa shape index (κ2) is 7.83. The monoisotopic (exact) mass is 413 g/mol. The van der Waals surface area contributed by atoms with Gasteiger partial charge < -0.3 is 5.32 Å². The number of nitrogens with zero attached hydrogens (tertiary/aromatic N) is 2. The molecule has 0 aliphatic rings. The molecule has 3 aromatic rings. The molecule has 0 aliphatic heterocycles. The Labute approximate surface area is 160 Å². The molecule has 6 heteroatoms. The lowest BCUT2D eigenvalue weighted by molar-refractivity contribution is -0.121. The van der Waals surface area contributed by atoms with Crippen molar-refractivity contribution in [2.75, 3.05) is 0 Å². The van der Waals surface area contributed by atoms with Gasteiger partial charge in [0.05, 0.1) is 23.3 Å². The van der Waals surface area contributed by atoms with Gasteiger partial charge in [0.1, 0.15) is 0 Å². The van der Waals surface area contributed by atoms with Crippen molar-refractivity contribution in [3.63, 3.8) is 0 Å². The summed E-state index contributed by atoms with van der Waals surface area (Å²) in [5, 5.41) is 3.54. The Morgan fingerprint density at radius 3 is 2.81 bits per heavy atom. The number of aryl methyl sites for hydroxylation is 2. The van der Waals surface area contributed by atoms with Crippen molar-refractivity contribution in [1.82, 2.24) is 14.9 Å². The van der Waals surface area contributed by atoms with Crippen molar-refractivity contribution >= 4 is 32.7 Å². The summed E-state index contributed by atoms with van der Waals surface area (Å²) in [6.07, 6.45) is 1.74. The maximum absolute atomic E-state index is 12.6. The summed E-state index contributed by atoms with van der Waals surface area (Å²) in [6, 6.07) is 13.3. The van der Waals surface area contributed by atoms with E-state index < -0.39 is 0 Å². The molecule has 1 aromatic heterocycles. The van der Waals surface area contributed by atoms with Crippen LogP contribution in [0.5, 0.6) is 0 Å². The lowest BCUT2D eigenvalue weighted by atomic mass is 10.1. The smallest absolute Gasteiger partial charge is 0.261 e. The average Bonchev–Trinajstić information content (AvgIpc) is 2.62. The molecule has 0 radical (unpaired) electrons. The maximum atomic E-state index is 12.6. The van der Waals surface area contributed by atoms with Gasteiger partial charge in [-0.3, -0.25) is 14.2 Å². The molecule has 3 rings (SSSR count). The van der Waals surface area contributed by atoms with Crippen LogP contribution in [-0.2, 0) is 11.3 Å². The lowest BCUT2D eigenvalue weighted by Gasteiger charge is -2.15. The van der Waals surface area contributed by atoms with Crippen molar-refractivity contribution in [2.45, 2.75) is 32.9 Å². The van der Waals surface area contributed by atoms with Crippen LogP contribution < -0.4 is 10.9 Å². The van der Waals surface area contributed by atoms with E-state index in [0.29, 0.717) is 17.4 Å². The molecular formula is C20H20BrN3O2. The van der Waals surface area contributed by atoms with Crippen molar-refractivity contribution in [2.24, 2.45) is 0 Å². The number of hydrogen-bond acceptors (Lipinski definition) is 3. The summed E-state index contributed by atoms with van der Waals surface area (Å²) in [4.78, 5) is 29.2. The highest BCUT2D eigenvalue weighted by atomic mass is 79.9. The Balaban J connectivity index is 1.67. The Bertz CT molecular complexity index is 1010. The molecule has 0 fully saturated rings. The van der Waals surface area contributed by atoms with E-state index in [1.54, 1.807) is 6.07 Å². The zero-order valence-corrected chi connectivity index (χ0v) is 16.3. The van der Waals surface area contributed by atoms with Crippen LogP contribution in [0.25, 0.3) is 10.9 Å². The molecule has 0 saturated carbocycles. The van der Waals surface area contributed by atoms with Gasteiger partial charge >= 0.3 is 0 Å². The van der Waals surface area contributed by atoms with Crippen LogP contribution >= 0.6 is 15.9 Å². The van der Waals surface area contributed by atoms with Crippen LogP contribution in [-0.4, -0.2) is 15.5 Å². The van der Waals surface area contributed by atoms with Crippen LogP contribution in [0, 0.1) is 6.92 Å². The van der Waals surface area contributed by atoms with Gasteiger partial charge in [0.15, 0.2) is 0 Å². The van der Waals surface area contributed by atoms with Gasteiger partial charge in [0.2, 0.25) is 5.91 Å². The second-order valence-electron chi connectivity index (χ2n) is 6.31. The molecular weight excluding hydrogens is 394 g/mol. The minimum Gasteiger partial charge on any atom is -0.350 e. The number of halogens is 1. The van der Waals surface area contributed by atoms with Crippen LogP contribution in [0.3, 0.4) is 0 Å². The molecule has 0 unspecified atom stereocenters. The number of rotatable bonds is 5. The molecule has 1 N–H and O–H groups in total. The number of carbonyl (C=O) groups excluding carboxylic acids is 1. The molecule has 0 saturated heterocycles. The third-order valence-corrected chi connectivity index (χ3v) is 4.85. The molecule has 1 atom stereocenters. The molecule has 134 valence electrons. The number of aromatic nitrogens is 2. The number of amides is 1. The van der Waals surface area contributed by atoms with E-state index in [4.69, 9.17) is 0 Å². The van der Waals surface area contributed by atoms with Gasteiger partial charge in [-0.05, 0) is 43.2 Å². The second-order valence-corrected chi connectivity index (χ2v) is 7.22. The minimum atomic E-state index is -0.119. The number of nitrogens with one attached hydrogen (secondary N) is 1. The highest BCUT2D eigenvalue weighted by Crippen LogP contribution is 2.18. The van der Waals surface area contributed by atoms with Crippen LogP contribution in [0.15, 0.2) is 58.1 Å². The highest BCUT2D eigenvalue weighted by molar-refractivity contribution is 9.10. The Kier molecular flexibility index (Phi) is 5.52. The molecule has 2 aromatic carbocycles. The normalized spacial score (nSPS) is 12.1. The number of benzene rings is 2. The number of carbonyl (C=O) groups is 1.